The lowest BCUT2D eigenvalue weighted by molar-refractivity contribution is -0.137. The van der Waals surface area contributed by atoms with Crippen LogP contribution in [0.5, 0.6) is 0 Å². The van der Waals surface area contributed by atoms with Gasteiger partial charge in [-0.15, -0.1) is 0 Å². The Morgan fingerprint density at radius 1 is 1.04 bits per heavy atom. The Labute approximate surface area is 149 Å². The summed E-state index contributed by atoms with van der Waals surface area (Å²) in [4.78, 5) is 28.5. The first-order chi connectivity index (χ1) is 11.6. The summed E-state index contributed by atoms with van der Waals surface area (Å²) in [5.74, 6) is -1.30. The monoisotopic (exact) mass is 387 g/mol. The van der Waals surface area contributed by atoms with E-state index in [2.05, 4.69) is 31.5 Å². The normalized spacial score (nSPS) is 15.7. The molecule has 0 radical (unpaired) electrons. The number of aromatic nitrogens is 1. The lowest BCUT2D eigenvalue weighted by atomic mass is 9.88. The maximum atomic E-state index is 12.4. The fourth-order valence-electron chi connectivity index (χ4n) is 3.13. The number of anilines is 1. The lowest BCUT2D eigenvalue weighted by Crippen LogP contribution is -2.48. The van der Waals surface area contributed by atoms with E-state index in [1.165, 1.54) is 6.20 Å². The highest BCUT2D eigenvalue weighted by Crippen LogP contribution is 2.39. The summed E-state index contributed by atoms with van der Waals surface area (Å²) in [6.45, 7) is 0. The molecule has 1 aromatic heterocycles. The van der Waals surface area contributed by atoms with E-state index in [1.807, 2.05) is 24.3 Å². The van der Waals surface area contributed by atoms with Crippen molar-refractivity contribution in [2.75, 3.05) is 5.32 Å². The summed E-state index contributed by atoms with van der Waals surface area (Å²) in [5.41, 5.74) is 1.07. The summed E-state index contributed by atoms with van der Waals surface area (Å²) >= 11 is 3.43. The van der Waals surface area contributed by atoms with Crippen LogP contribution in [0, 0.1) is 0 Å². The smallest absolute Gasteiger partial charge is 0.313 e. The van der Waals surface area contributed by atoms with Crippen LogP contribution >= 0.6 is 15.9 Å². The van der Waals surface area contributed by atoms with Crippen molar-refractivity contribution in [1.82, 2.24) is 10.3 Å². The maximum Gasteiger partial charge on any atom is 0.313 e. The van der Waals surface area contributed by atoms with Crippen LogP contribution in [-0.2, 0) is 15.1 Å². The molecule has 3 rings (SSSR count). The second-order valence-corrected chi connectivity index (χ2v) is 6.86. The van der Waals surface area contributed by atoms with Crippen molar-refractivity contribution >= 4 is 33.4 Å². The maximum absolute atomic E-state index is 12.4. The topological polar surface area (TPSA) is 71.1 Å². The van der Waals surface area contributed by atoms with Gasteiger partial charge in [0.05, 0.1) is 17.4 Å². The predicted octanol–water partition coefficient (Wildman–Crippen LogP) is 3.37. The van der Waals surface area contributed by atoms with Gasteiger partial charge in [0, 0.05) is 10.7 Å². The fraction of sp³-hybridized carbons (Fsp3) is 0.278. The molecule has 6 heteroatoms. The van der Waals surface area contributed by atoms with Gasteiger partial charge in [-0.3, -0.25) is 14.6 Å². The predicted molar refractivity (Wildman–Crippen MR) is 95.3 cm³/mol. The average molecular weight is 388 g/mol. The van der Waals surface area contributed by atoms with Crippen molar-refractivity contribution in [3.8, 4) is 0 Å². The van der Waals surface area contributed by atoms with Gasteiger partial charge in [0.15, 0.2) is 0 Å². The number of hydrogen-bond acceptors (Lipinski definition) is 3. The van der Waals surface area contributed by atoms with E-state index in [9.17, 15) is 9.59 Å². The molecular formula is C18H18BrN3O2. The van der Waals surface area contributed by atoms with Crippen LogP contribution in [0.4, 0.5) is 5.69 Å². The van der Waals surface area contributed by atoms with E-state index >= 15 is 0 Å². The molecular weight excluding hydrogens is 370 g/mol. The zero-order valence-corrected chi connectivity index (χ0v) is 14.7. The molecule has 1 saturated carbocycles. The number of carbonyl (C=O) groups excluding carboxylic acids is 2. The Kier molecular flexibility index (Phi) is 4.94. The third-order valence-electron chi connectivity index (χ3n) is 4.33. The van der Waals surface area contributed by atoms with Crippen LogP contribution < -0.4 is 10.6 Å². The van der Waals surface area contributed by atoms with Crippen LogP contribution in [0.25, 0.3) is 0 Å². The number of amides is 2. The number of halogens is 1. The summed E-state index contributed by atoms with van der Waals surface area (Å²) in [7, 11) is 0. The van der Waals surface area contributed by atoms with Gasteiger partial charge in [-0.05, 0) is 42.7 Å². The SMILES string of the molecule is O=C(Nc1cccnc1)C(=O)NC1(c2ccc(Br)cc2)CCCC1. The number of nitrogens with one attached hydrogen (secondary N) is 2. The Bertz CT molecular complexity index is 726. The van der Waals surface area contributed by atoms with Gasteiger partial charge in [-0.25, -0.2) is 0 Å². The minimum Gasteiger partial charge on any atom is -0.338 e. The van der Waals surface area contributed by atoms with Crippen molar-refractivity contribution in [1.29, 1.82) is 0 Å². The lowest BCUT2D eigenvalue weighted by Gasteiger charge is -2.30. The van der Waals surface area contributed by atoms with Crippen molar-refractivity contribution < 1.29 is 9.59 Å². The largest absolute Gasteiger partial charge is 0.338 e. The van der Waals surface area contributed by atoms with Crippen molar-refractivity contribution in [3.05, 3.63) is 58.8 Å². The van der Waals surface area contributed by atoms with Gasteiger partial charge in [0.25, 0.3) is 0 Å². The van der Waals surface area contributed by atoms with Crippen molar-refractivity contribution in [3.63, 3.8) is 0 Å². The molecule has 0 unspecified atom stereocenters. The first-order valence-electron chi connectivity index (χ1n) is 7.89. The van der Waals surface area contributed by atoms with E-state index in [1.54, 1.807) is 18.3 Å². The molecule has 24 heavy (non-hydrogen) atoms. The van der Waals surface area contributed by atoms with E-state index < -0.39 is 17.4 Å². The Hall–Kier alpha value is -2.21. The van der Waals surface area contributed by atoms with Crippen molar-refractivity contribution in [2.45, 2.75) is 31.2 Å². The molecule has 2 N–H and O–H groups in total. The van der Waals surface area contributed by atoms with Gasteiger partial charge in [-0.1, -0.05) is 40.9 Å². The van der Waals surface area contributed by atoms with Gasteiger partial charge >= 0.3 is 11.8 Å². The van der Waals surface area contributed by atoms with Crippen LogP contribution in [0.3, 0.4) is 0 Å². The Morgan fingerprint density at radius 3 is 2.38 bits per heavy atom. The number of rotatable bonds is 3. The zero-order valence-electron chi connectivity index (χ0n) is 13.1. The standard InChI is InChI=1S/C18H18BrN3O2/c19-14-7-5-13(6-8-14)18(9-1-2-10-18)22-17(24)16(23)21-15-4-3-11-20-12-15/h3-8,11-12H,1-2,9-10H2,(H,21,23)(H,22,24). The summed E-state index contributed by atoms with van der Waals surface area (Å²) < 4.78 is 0.986. The van der Waals surface area contributed by atoms with Gasteiger partial charge in [0.2, 0.25) is 0 Å². The minimum absolute atomic E-state index is 0.468. The number of benzene rings is 1. The summed E-state index contributed by atoms with van der Waals surface area (Å²) in [5, 5.41) is 5.53. The Morgan fingerprint density at radius 2 is 1.75 bits per heavy atom. The van der Waals surface area contributed by atoms with Gasteiger partial charge < -0.3 is 10.6 Å². The van der Waals surface area contributed by atoms with Gasteiger partial charge in [0.1, 0.15) is 0 Å². The Balaban J connectivity index is 1.74. The number of carbonyl (C=O) groups is 2. The average Bonchev–Trinajstić information content (AvgIpc) is 3.06. The molecule has 0 spiro atoms. The molecule has 0 aliphatic heterocycles. The molecule has 1 fully saturated rings. The van der Waals surface area contributed by atoms with Crippen LogP contribution in [0.2, 0.25) is 0 Å². The molecule has 2 aromatic rings. The minimum atomic E-state index is -0.675. The first kappa shape index (κ1) is 16.6. The molecule has 1 aliphatic carbocycles. The molecule has 1 heterocycles. The van der Waals surface area contributed by atoms with E-state index in [-0.39, 0.29) is 0 Å². The number of hydrogen-bond donors (Lipinski definition) is 2. The highest BCUT2D eigenvalue weighted by molar-refractivity contribution is 9.10. The molecule has 124 valence electrons. The molecule has 1 aromatic carbocycles. The second kappa shape index (κ2) is 7.13. The summed E-state index contributed by atoms with van der Waals surface area (Å²) in [6.07, 6.45) is 6.84. The van der Waals surface area contributed by atoms with Crippen molar-refractivity contribution in [2.24, 2.45) is 0 Å². The molecule has 0 atom stereocenters. The number of pyridine rings is 1. The van der Waals surface area contributed by atoms with E-state index in [0.717, 1.165) is 35.7 Å². The number of nitrogens with zero attached hydrogens (tertiary/aromatic N) is 1. The zero-order chi connectivity index (χ0) is 17.0. The second-order valence-electron chi connectivity index (χ2n) is 5.95. The van der Waals surface area contributed by atoms with Crippen LogP contribution in [-0.4, -0.2) is 16.8 Å². The molecule has 0 saturated heterocycles. The fourth-order valence-corrected chi connectivity index (χ4v) is 3.40. The van der Waals surface area contributed by atoms with E-state index in [4.69, 9.17) is 0 Å². The van der Waals surface area contributed by atoms with E-state index in [0.29, 0.717) is 5.69 Å². The summed E-state index contributed by atoms with van der Waals surface area (Å²) in [6, 6.07) is 11.3. The third kappa shape index (κ3) is 3.64. The first-order valence-corrected chi connectivity index (χ1v) is 8.68. The quantitative estimate of drug-likeness (QED) is 0.793. The molecule has 1 aliphatic rings. The van der Waals surface area contributed by atoms with Crippen LogP contribution in [0.1, 0.15) is 31.2 Å². The third-order valence-corrected chi connectivity index (χ3v) is 4.86. The van der Waals surface area contributed by atoms with Crippen LogP contribution in [0.15, 0.2) is 53.3 Å². The van der Waals surface area contributed by atoms with Gasteiger partial charge in [-0.2, -0.15) is 0 Å². The highest BCUT2D eigenvalue weighted by Gasteiger charge is 2.38. The highest BCUT2D eigenvalue weighted by atomic mass is 79.9. The molecule has 2 amide bonds. The molecule has 0 bridgehead atoms. The molecule has 5 nitrogen and oxygen atoms in total.